The third kappa shape index (κ3) is 6.54. The zero-order valence-corrected chi connectivity index (χ0v) is 22.6. The van der Waals surface area contributed by atoms with Gasteiger partial charge in [-0.05, 0) is 78.7 Å². The normalized spacial score (nSPS) is 17.7. The van der Waals surface area contributed by atoms with E-state index in [9.17, 15) is 14.0 Å². The Morgan fingerprint density at radius 2 is 1.68 bits per heavy atom. The lowest BCUT2D eigenvalue weighted by molar-refractivity contribution is -0.131. The minimum absolute atomic E-state index is 0.246. The first-order valence-electron chi connectivity index (χ1n) is 12.5. The first-order chi connectivity index (χ1) is 17.6. The average Bonchev–Trinajstić information content (AvgIpc) is 2.85. The molecule has 1 heterocycles. The molecule has 1 fully saturated rings. The zero-order chi connectivity index (χ0) is 26.6. The van der Waals surface area contributed by atoms with Crippen molar-refractivity contribution in [3.8, 4) is 5.75 Å². The molecule has 4 rings (SSSR count). The molecule has 192 valence electrons. The fourth-order valence-electron chi connectivity index (χ4n) is 4.87. The largest absolute Gasteiger partial charge is 0.544 e. The molecular formula is C30H33FN2O3Si. The van der Waals surface area contributed by atoms with Crippen LogP contribution in [-0.2, 0) is 9.59 Å². The lowest BCUT2D eigenvalue weighted by Gasteiger charge is -2.47. The van der Waals surface area contributed by atoms with Crippen LogP contribution in [0.15, 0.2) is 84.9 Å². The second-order valence-corrected chi connectivity index (χ2v) is 14.5. The standard InChI is InChI=1S/C30H33FN2O3Si/c1-21(2)20-37(3,4)36-26-17-11-23(12-18-26)29-28(30(35)33(29)25-15-13-24(31)14-16-25)32-27(34)19-10-22-8-6-5-7-9-22/h5-19,21,28-29H,20H2,1-4H3,(H,32,34)/t28-,29-/m1/s1. The summed E-state index contributed by atoms with van der Waals surface area (Å²) in [6.45, 7) is 8.80. The van der Waals surface area contributed by atoms with Crippen molar-refractivity contribution in [3.05, 3.63) is 102 Å². The van der Waals surface area contributed by atoms with E-state index in [0.29, 0.717) is 11.6 Å². The first-order valence-corrected chi connectivity index (χ1v) is 15.7. The lowest BCUT2D eigenvalue weighted by atomic mass is 9.87. The summed E-state index contributed by atoms with van der Waals surface area (Å²) in [5.41, 5.74) is 2.33. The molecule has 37 heavy (non-hydrogen) atoms. The second kappa shape index (κ2) is 11.1. The van der Waals surface area contributed by atoms with E-state index >= 15 is 0 Å². The van der Waals surface area contributed by atoms with E-state index in [0.717, 1.165) is 22.9 Å². The number of benzene rings is 3. The molecule has 0 saturated carbocycles. The number of carbonyl (C=O) groups excluding carboxylic acids is 2. The predicted octanol–water partition coefficient (Wildman–Crippen LogP) is 6.35. The van der Waals surface area contributed by atoms with E-state index in [1.54, 1.807) is 23.1 Å². The van der Waals surface area contributed by atoms with Crippen LogP contribution in [0.1, 0.15) is 31.0 Å². The minimum atomic E-state index is -1.87. The molecular weight excluding hydrogens is 483 g/mol. The highest BCUT2D eigenvalue weighted by atomic mass is 28.4. The summed E-state index contributed by atoms with van der Waals surface area (Å²) in [5, 5.41) is 2.86. The van der Waals surface area contributed by atoms with E-state index in [1.807, 2.05) is 54.6 Å². The van der Waals surface area contributed by atoms with Gasteiger partial charge < -0.3 is 14.6 Å². The van der Waals surface area contributed by atoms with E-state index in [1.165, 1.54) is 18.2 Å². The molecule has 7 heteroatoms. The van der Waals surface area contributed by atoms with Gasteiger partial charge in [-0.3, -0.25) is 9.59 Å². The Hall–Kier alpha value is -3.71. The van der Waals surface area contributed by atoms with Crippen molar-refractivity contribution < 1.29 is 18.4 Å². The number of carbonyl (C=O) groups is 2. The van der Waals surface area contributed by atoms with Gasteiger partial charge in [0.2, 0.25) is 14.2 Å². The molecule has 0 unspecified atom stereocenters. The molecule has 0 radical (unpaired) electrons. The Morgan fingerprint density at radius 1 is 1.03 bits per heavy atom. The van der Waals surface area contributed by atoms with Crippen molar-refractivity contribution in [2.45, 2.75) is 45.1 Å². The molecule has 0 aliphatic carbocycles. The van der Waals surface area contributed by atoms with Crippen molar-refractivity contribution in [2.75, 3.05) is 4.90 Å². The van der Waals surface area contributed by atoms with Gasteiger partial charge in [-0.1, -0.05) is 56.3 Å². The first kappa shape index (κ1) is 26.4. The number of hydrogen-bond acceptors (Lipinski definition) is 3. The molecule has 5 nitrogen and oxygen atoms in total. The minimum Gasteiger partial charge on any atom is -0.544 e. The molecule has 2 atom stereocenters. The number of amides is 2. The summed E-state index contributed by atoms with van der Waals surface area (Å²) in [6, 6.07) is 22.9. The quantitative estimate of drug-likeness (QED) is 0.205. The summed E-state index contributed by atoms with van der Waals surface area (Å²) in [6.07, 6.45) is 3.14. The van der Waals surface area contributed by atoms with Gasteiger partial charge in [-0.2, -0.15) is 0 Å². The van der Waals surface area contributed by atoms with Gasteiger partial charge >= 0.3 is 0 Å². The molecule has 1 aliphatic rings. The van der Waals surface area contributed by atoms with Crippen LogP contribution >= 0.6 is 0 Å². The molecule has 0 bridgehead atoms. The van der Waals surface area contributed by atoms with Crippen molar-refractivity contribution >= 4 is 31.9 Å². The SMILES string of the molecule is CC(C)C[Si](C)(C)Oc1ccc([C@@H]2[C@@H](NC(=O)C=Cc3ccccc3)C(=O)N2c2ccc(F)cc2)cc1. The molecule has 1 aliphatic heterocycles. The van der Waals surface area contributed by atoms with Gasteiger partial charge in [-0.15, -0.1) is 0 Å². The van der Waals surface area contributed by atoms with Crippen LogP contribution < -0.4 is 14.6 Å². The van der Waals surface area contributed by atoms with Crippen LogP contribution in [0, 0.1) is 11.7 Å². The topological polar surface area (TPSA) is 58.6 Å². The maximum absolute atomic E-state index is 13.5. The number of nitrogens with zero attached hydrogens (tertiary/aromatic N) is 1. The molecule has 2 amide bonds. The summed E-state index contributed by atoms with van der Waals surface area (Å²) in [7, 11) is -1.87. The van der Waals surface area contributed by atoms with Crippen LogP contribution in [0.25, 0.3) is 6.08 Å². The van der Waals surface area contributed by atoms with E-state index in [-0.39, 0.29) is 17.6 Å². The number of rotatable bonds is 9. The van der Waals surface area contributed by atoms with Crippen molar-refractivity contribution in [1.82, 2.24) is 5.32 Å². The third-order valence-corrected chi connectivity index (χ3v) is 8.83. The molecule has 0 aromatic heterocycles. The van der Waals surface area contributed by atoms with Crippen molar-refractivity contribution in [2.24, 2.45) is 5.92 Å². The van der Waals surface area contributed by atoms with Gasteiger partial charge in [0, 0.05) is 11.8 Å². The number of halogens is 1. The smallest absolute Gasteiger partial charge is 0.252 e. The molecule has 3 aromatic rings. The van der Waals surface area contributed by atoms with Crippen LogP contribution in [0.2, 0.25) is 19.1 Å². The number of hydrogen-bond donors (Lipinski definition) is 1. The number of anilines is 1. The highest BCUT2D eigenvalue weighted by Gasteiger charge is 2.49. The van der Waals surface area contributed by atoms with Gasteiger partial charge in [0.05, 0.1) is 6.04 Å². The highest BCUT2D eigenvalue weighted by molar-refractivity contribution is 6.71. The molecule has 3 aromatic carbocycles. The molecule has 1 N–H and O–H groups in total. The number of nitrogens with one attached hydrogen (secondary N) is 1. The summed E-state index contributed by atoms with van der Waals surface area (Å²) < 4.78 is 19.9. The lowest BCUT2D eigenvalue weighted by Crippen LogP contribution is -2.65. The van der Waals surface area contributed by atoms with E-state index in [4.69, 9.17) is 4.43 Å². The maximum Gasteiger partial charge on any atom is 0.252 e. The van der Waals surface area contributed by atoms with Crippen LogP contribution in [0.5, 0.6) is 5.75 Å². The molecule has 1 saturated heterocycles. The highest BCUT2D eigenvalue weighted by Crippen LogP contribution is 2.40. The zero-order valence-electron chi connectivity index (χ0n) is 21.6. The van der Waals surface area contributed by atoms with Crippen LogP contribution in [-0.4, -0.2) is 26.2 Å². The fraction of sp³-hybridized carbons (Fsp3) is 0.267. The molecule has 0 spiro atoms. The summed E-state index contributed by atoms with van der Waals surface area (Å²) in [5.74, 6) is 0.382. The Bertz CT molecular complexity index is 1260. The van der Waals surface area contributed by atoms with Gasteiger partial charge in [0.25, 0.3) is 5.91 Å². The van der Waals surface area contributed by atoms with Crippen LogP contribution in [0.3, 0.4) is 0 Å². The predicted molar refractivity (Wildman–Crippen MR) is 148 cm³/mol. The maximum atomic E-state index is 13.5. The Balaban J connectivity index is 1.55. The van der Waals surface area contributed by atoms with Gasteiger partial charge in [0.1, 0.15) is 17.6 Å². The summed E-state index contributed by atoms with van der Waals surface area (Å²) >= 11 is 0. The summed E-state index contributed by atoms with van der Waals surface area (Å²) in [4.78, 5) is 27.5. The van der Waals surface area contributed by atoms with E-state index < -0.39 is 20.4 Å². The Kier molecular flexibility index (Phi) is 7.93. The van der Waals surface area contributed by atoms with Crippen molar-refractivity contribution in [3.63, 3.8) is 0 Å². The number of β-lactam (4-membered cyclic amide) rings is 1. The van der Waals surface area contributed by atoms with Crippen LogP contribution in [0.4, 0.5) is 10.1 Å². The second-order valence-electron chi connectivity index (χ2n) is 10.4. The Labute approximate surface area is 219 Å². The Morgan fingerprint density at radius 3 is 2.30 bits per heavy atom. The van der Waals surface area contributed by atoms with Gasteiger partial charge in [-0.25, -0.2) is 4.39 Å². The fourth-order valence-corrected chi connectivity index (χ4v) is 7.70. The van der Waals surface area contributed by atoms with Crippen molar-refractivity contribution in [1.29, 1.82) is 0 Å². The average molecular weight is 517 g/mol. The monoisotopic (exact) mass is 516 g/mol. The van der Waals surface area contributed by atoms with E-state index in [2.05, 4.69) is 32.3 Å². The van der Waals surface area contributed by atoms with Gasteiger partial charge in [0.15, 0.2) is 0 Å². The third-order valence-electron chi connectivity index (χ3n) is 6.24.